The standard InChI is InChI=1S/C16H12ClIN4O3/c1-8-12(4-10(18)5-13(8)17)15(23)20-7-11-3-2-9(6-19-11)14-21-16(24)25-22-14/h2-6H,7H2,1H3,(H,20,23)(H,21,22,24). The molecule has 0 aliphatic carbocycles. The highest BCUT2D eigenvalue weighted by Crippen LogP contribution is 2.22. The topological polar surface area (TPSA) is 101 Å². The van der Waals surface area contributed by atoms with Gasteiger partial charge in [0.25, 0.3) is 5.91 Å². The fourth-order valence-corrected chi connectivity index (χ4v) is 3.20. The molecule has 0 unspecified atom stereocenters. The Hall–Kier alpha value is -2.20. The van der Waals surface area contributed by atoms with Crippen LogP contribution in [0.4, 0.5) is 0 Å². The third-order valence-electron chi connectivity index (χ3n) is 3.52. The molecule has 0 fully saturated rings. The van der Waals surface area contributed by atoms with E-state index < -0.39 is 5.76 Å². The van der Waals surface area contributed by atoms with E-state index in [0.29, 0.717) is 27.7 Å². The van der Waals surface area contributed by atoms with Crippen LogP contribution in [0.25, 0.3) is 11.4 Å². The maximum absolute atomic E-state index is 12.4. The first-order valence-electron chi connectivity index (χ1n) is 7.19. The van der Waals surface area contributed by atoms with Crippen LogP contribution in [0.2, 0.25) is 5.02 Å². The van der Waals surface area contributed by atoms with E-state index in [1.807, 2.05) is 6.07 Å². The van der Waals surface area contributed by atoms with Crippen molar-refractivity contribution < 1.29 is 9.32 Å². The van der Waals surface area contributed by atoms with Gasteiger partial charge in [-0.1, -0.05) is 16.8 Å². The third kappa shape index (κ3) is 4.07. The molecule has 25 heavy (non-hydrogen) atoms. The molecule has 2 N–H and O–H groups in total. The molecule has 7 nitrogen and oxygen atoms in total. The van der Waals surface area contributed by atoms with E-state index in [2.05, 4.69) is 47.6 Å². The van der Waals surface area contributed by atoms with Crippen molar-refractivity contribution in [1.29, 1.82) is 0 Å². The number of H-pyrrole nitrogens is 1. The summed E-state index contributed by atoms with van der Waals surface area (Å²) in [5, 5.41) is 6.96. The lowest BCUT2D eigenvalue weighted by Crippen LogP contribution is -2.24. The summed E-state index contributed by atoms with van der Waals surface area (Å²) in [6.07, 6.45) is 1.54. The molecule has 9 heteroatoms. The molecule has 0 radical (unpaired) electrons. The number of carbonyl (C=O) groups is 1. The second kappa shape index (κ2) is 7.36. The number of carbonyl (C=O) groups excluding carboxylic acids is 1. The zero-order chi connectivity index (χ0) is 18.0. The summed E-state index contributed by atoms with van der Waals surface area (Å²) < 4.78 is 5.34. The molecule has 0 spiro atoms. The lowest BCUT2D eigenvalue weighted by Gasteiger charge is -2.09. The van der Waals surface area contributed by atoms with Crippen molar-refractivity contribution in [3.05, 3.63) is 66.4 Å². The number of halogens is 2. The van der Waals surface area contributed by atoms with Crippen molar-refractivity contribution in [3.8, 4) is 11.4 Å². The number of rotatable bonds is 4. The number of amides is 1. The van der Waals surface area contributed by atoms with Gasteiger partial charge in [-0.2, -0.15) is 0 Å². The largest absolute Gasteiger partial charge is 0.439 e. The van der Waals surface area contributed by atoms with Gasteiger partial charge >= 0.3 is 5.76 Å². The van der Waals surface area contributed by atoms with E-state index >= 15 is 0 Å². The van der Waals surface area contributed by atoms with E-state index in [-0.39, 0.29) is 12.5 Å². The number of aromatic nitrogens is 3. The van der Waals surface area contributed by atoms with E-state index in [1.165, 1.54) is 0 Å². The molecule has 3 aromatic rings. The fourth-order valence-electron chi connectivity index (χ4n) is 2.17. The van der Waals surface area contributed by atoms with Gasteiger partial charge in [0, 0.05) is 25.9 Å². The highest BCUT2D eigenvalue weighted by molar-refractivity contribution is 14.1. The van der Waals surface area contributed by atoms with Crippen molar-refractivity contribution in [2.45, 2.75) is 13.5 Å². The number of hydrogen-bond donors (Lipinski definition) is 2. The molecule has 0 atom stereocenters. The normalized spacial score (nSPS) is 10.7. The van der Waals surface area contributed by atoms with Crippen molar-refractivity contribution in [1.82, 2.24) is 20.4 Å². The van der Waals surface area contributed by atoms with Gasteiger partial charge in [0.15, 0.2) is 5.82 Å². The Morgan fingerprint density at radius 2 is 2.20 bits per heavy atom. The lowest BCUT2D eigenvalue weighted by molar-refractivity contribution is 0.0949. The molecule has 3 rings (SSSR count). The number of nitrogens with one attached hydrogen (secondary N) is 2. The number of benzene rings is 1. The first kappa shape index (κ1) is 17.6. The maximum Gasteiger partial charge on any atom is 0.439 e. The molecule has 2 heterocycles. The summed E-state index contributed by atoms with van der Waals surface area (Å²) in [6.45, 7) is 2.07. The molecule has 0 saturated heterocycles. The number of aromatic amines is 1. The second-order valence-electron chi connectivity index (χ2n) is 5.22. The van der Waals surface area contributed by atoms with Gasteiger partial charge in [-0.25, -0.2) is 4.79 Å². The average molecular weight is 471 g/mol. The molecule has 0 saturated carbocycles. The monoisotopic (exact) mass is 470 g/mol. The highest BCUT2D eigenvalue weighted by Gasteiger charge is 2.13. The molecule has 0 aliphatic rings. The molecule has 2 aromatic heterocycles. The Labute approximate surface area is 160 Å². The zero-order valence-electron chi connectivity index (χ0n) is 13.0. The van der Waals surface area contributed by atoms with E-state index in [1.54, 1.807) is 31.3 Å². The van der Waals surface area contributed by atoms with Crippen molar-refractivity contribution >= 4 is 40.1 Å². The first-order chi connectivity index (χ1) is 11.9. The van der Waals surface area contributed by atoms with Crippen LogP contribution in [-0.4, -0.2) is 21.0 Å². The Morgan fingerprint density at radius 1 is 1.40 bits per heavy atom. The van der Waals surface area contributed by atoms with Gasteiger partial charge in [0.05, 0.1) is 12.2 Å². The van der Waals surface area contributed by atoms with Crippen LogP contribution in [0.3, 0.4) is 0 Å². The number of nitrogens with zero attached hydrogens (tertiary/aromatic N) is 2. The average Bonchev–Trinajstić information content (AvgIpc) is 3.03. The molecular formula is C16H12ClIN4O3. The van der Waals surface area contributed by atoms with Gasteiger partial charge in [-0.15, -0.1) is 0 Å². The lowest BCUT2D eigenvalue weighted by atomic mass is 10.1. The molecule has 0 bridgehead atoms. The first-order valence-corrected chi connectivity index (χ1v) is 8.65. The van der Waals surface area contributed by atoms with Crippen LogP contribution in [0.15, 0.2) is 39.8 Å². The van der Waals surface area contributed by atoms with Gasteiger partial charge in [0.2, 0.25) is 0 Å². The van der Waals surface area contributed by atoms with Crippen LogP contribution in [0.1, 0.15) is 21.6 Å². The quantitative estimate of drug-likeness (QED) is 0.571. The van der Waals surface area contributed by atoms with Gasteiger partial charge < -0.3 is 5.32 Å². The SMILES string of the molecule is Cc1c(Cl)cc(I)cc1C(=O)NCc1ccc(-c2noc(=O)[nH]2)cn1. The van der Waals surface area contributed by atoms with Gasteiger partial charge in [0.1, 0.15) is 0 Å². The Balaban J connectivity index is 1.69. The van der Waals surface area contributed by atoms with Gasteiger partial charge in [-0.3, -0.25) is 19.3 Å². The van der Waals surface area contributed by atoms with Crippen LogP contribution < -0.4 is 11.1 Å². The van der Waals surface area contributed by atoms with Crippen LogP contribution >= 0.6 is 34.2 Å². The second-order valence-corrected chi connectivity index (χ2v) is 6.88. The summed E-state index contributed by atoms with van der Waals surface area (Å²) in [4.78, 5) is 30.0. The molecule has 0 aliphatic heterocycles. The summed E-state index contributed by atoms with van der Waals surface area (Å²) >= 11 is 8.24. The smallest absolute Gasteiger partial charge is 0.346 e. The number of pyridine rings is 1. The minimum atomic E-state index is -0.627. The predicted molar refractivity (Wildman–Crippen MR) is 100 cm³/mol. The van der Waals surface area contributed by atoms with Crippen molar-refractivity contribution in [3.63, 3.8) is 0 Å². The zero-order valence-corrected chi connectivity index (χ0v) is 15.9. The fraction of sp³-hybridized carbons (Fsp3) is 0.125. The summed E-state index contributed by atoms with van der Waals surface area (Å²) in [6, 6.07) is 7.06. The maximum atomic E-state index is 12.4. The number of hydrogen-bond acceptors (Lipinski definition) is 5. The Bertz CT molecular complexity index is 982. The molecule has 128 valence electrons. The summed E-state index contributed by atoms with van der Waals surface area (Å²) in [5.41, 5.74) is 2.55. The summed E-state index contributed by atoms with van der Waals surface area (Å²) in [7, 11) is 0. The van der Waals surface area contributed by atoms with E-state index in [9.17, 15) is 9.59 Å². The van der Waals surface area contributed by atoms with E-state index in [0.717, 1.165) is 9.13 Å². The molecular weight excluding hydrogens is 459 g/mol. The van der Waals surface area contributed by atoms with Crippen molar-refractivity contribution in [2.75, 3.05) is 0 Å². The third-order valence-corrected chi connectivity index (χ3v) is 4.54. The Kier molecular flexibility index (Phi) is 5.19. The minimum Gasteiger partial charge on any atom is -0.346 e. The Morgan fingerprint density at radius 3 is 2.84 bits per heavy atom. The van der Waals surface area contributed by atoms with E-state index in [4.69, 9.17) is 11.6 Å². The molecule has 1 amide bonds. The van der Waals surface area contributed by atoms with Crippen LogP contribution in [-0.2, 0) is 6.54 Å². The highest BCUT2D eigenvalue weighted by atomic mass is 127. The summed E-state index contributed by atoms with van der Waals surface area (Å²) in [5.74, 6) is -0.542. The van der Waals surface area contributed by atoms with Crippen molar-refractivity contribution in [2.24, 2.45) is 0 Å². The van der Waals surface area contributed by atoms with Gasteiger partial charge in [-0.05, 0) is 59.3 Å². The van der Waals surface area contributed by atoms with Crippen LogP contribution in [0, 0.1) is 10.5 Å². The minimum absolute atomic E-state index is 0.218. The predicted octanol–water partition coefficient (Wildman–Crippen LogP) is 2.92. The molecule has 1 aromatic carbocycles. The van der Waals surface area contributed by atoms with Crippen LogP contribution in [0.5, 0.6) is 0 Å².